The first-order chi connectivity index (χ1) is 16.0. The number of aromatic nitrogens is 6. The molecule has 1 unspecified atom stereocenters. The monoisotopic (exact) mass is 459 g/mol. The molecule has 3 aromatic heterocycles. The minimum atomic E-state index is -1.31. The lowest BCUT2D eigenvalue weighted by Crippen LogP contribution is -2.33. The fraction of sp³-hybridized carbons (Fsp3) is 0.550. The molecule has 4 heterocycles. The number of carboxylic acids is 1. The minimum absolute atomic E-state index is 0.0162. The summed E-state index contributed by atoms with van der Waals surface area (Å²) in [7, 11) is 0. The van der Waals surface area contributed by atoms with Gasteiger partial charge in [0.2, 0.25) is 0 Å². The summed E-state index contributed by atoms with van der Waals surface area (Å²) in [6.07, 6.45) is 4.76. The Labute approximate surface area is 187 Å². The van der Waals surface area contributed by atoms with Crippen LogP contribution in [0.25, 0.3) is 17.1 Å². The van der Waals surface area contributed by atoms with Gasteiger partial charge in [-0.1, -0.05) is 19.3 Å². The maximum Gasteiger partial charge on any atom is 0.338 e. The number of nitrogens with zero attached hydrogens (tertiary/aromatic N) is 6. The highest BCUT2D eigenvalue weighted by atomic mass is 16.6. The summed E-state index contributed by atoms with van der Waals surface area (Å²) in [5.74, 6) is -0.555. The molecule has 33 heavy (non-hydrogen) atoms. The van der Waals surface area contributed by atoms with E-state index in [9.17, 15) is 25.2 Å². The molecular weight excluding hydrogens is 434 g/mol. The van der Waals surface area contributed by atoms with Gasteiger partial charge in [0.25, 0.3) is 5.95 Å². The molecule has 5 rings (SSSR count). The maximum absolute atomic E-state index is 11.3. The topological polar surface area (TPSA) is 181 Å². The predicted molar refractivity (Wildman–Crippen MR) is 113 cm³/mol. The predicted octanol–water partition coefficient (Wildman–Crippen LogP) is 0.0663. The van der Waals surface area contributed by atoms with Gasteiger partial charge in [-0.05, 0) is 12.8 Å². The van der Waals surface area contributed by atoms with Crippen LogP contribution >= 0.6 is 0 Å². The van der Waals surface area contributed by atoms with Crippen molar-refractivity contribution in [3.8, 4) is 5.95 Å². The molecule has 3 aromatic rings. The molecule has 176 valence electrons. The van der Waals surface area contributed by atoms with Gasteiger partial charge < -0.3 is 30.5 Å². The van der Waals surface area contributed by atoms with Gasteiger partial charge in [-0.2, -0.15) is 15.1 Å². The highest BCUT2D eigenvalue weighted by Crippen LogP contribution is 2.33. The number of aliphatic hydroxyl groups excluding tert-OH is 3. The van der Waals surface area contributed by atoms with Gasteiger partial charge in [-0.25, -0.2) is 14.5 Å². The van der Waals surface area contributed by atoms with Gasteiger partial charge in [-0.3, -0.25) is 4.57 Å². The fourth-order valence-corrected chi connectivity index (χ4v) is 4.39. The number of carbonyl (C=O) groups is 1. The summed E-state index contributed by atoms with van der Waals surface area (Å²) in [6.45, 7) is -0.457. The number of nitrogens with one attached hydrogen (secondary N) is 1. The lowest BCUT2D eigenvalue weighted by molar-refractivity contribution is -0.0511. The molecule has 0 spiro atoms. The number of imidazole rings is 1. The zero-order valence-corrected chi connectivity index (χ0v) is 17.7. The van der Waals surface area contributed by atoms with E-state index in [2.05, 4.69) is 25.4 Å². The molecule has 1 aliphatic carbocycles. The molecule has 5 N–H and O–H groups in total. The number of aliphatic hydroxyl groups is 3. The van der Waals surface area contributed by atoms with Crippen LogP contribution in [0.15, 0.2) is 18.7 Å². The van der Waals surface area contributed by atoms with E-state index in [1.165, 1.54) is 34.4 Å². The first kappa shape index (κ1) is 21.7. The Morgan fingerprint density at radius 3 is 2.64 bits per heavy atom. The van der Waals surface area contributed by atoms with Crippen LogP contribution in [0.2, 0.25) is 0 Å². The molecule has 1 saturated carbocycles. The van der Waals surface area contributed by atoms with Crippen LogP contribution in [0.4, 0.5) is 5.82 Å². The van der Waals surface area contributed by atoms with E-state index < -0.39 is 37.1 Å². The van der Waals surface area contributed by atoms with Crippen LogP contribution in [0.5, 0.6) is 0 Å². The Morgan fingerprint density at radius 2 is 1.97 bits per heavy atom. The Bertz CT molecular complexity index is 1160. The lowest BCUT2D eigenvalue weighted by Gasteiger charge is -2.23. The quantitative estimate of drug-likeness (QED) is 0.336. The molecule has 13 nitrogen and oxygen atoms in total. The standard InChI is InChI=1S/C20H25N7O6/c28-8-12-14(29)15(30)18(33-12)26-9-21-13-16(23-11-4-2-1-3-5-11)24-20(25-17(13)26)27-7-10(6-22-27)19(31)32/h6-7,9,11-12,14-15,18,28-30H,1-5,8H2,(H,31,32)(H,23,24,25)/t12-,14-,15+,18?/m1/s1. The van der Waals surface area contributed by atoms with Crippen LogP contribution in [0.3, 0.4) is 0 Å². The van der Waals surface area contributed by atoms with E-state index in [0.29, 0.717) is 17.0 Å². The summed E-state index contributed by atoms with van der Waals surface area (Å²) in [5.41, 5.74) is 0.727. The van der Waals surface area contributed by atoms with E-state index >= 15 is 0 Å². The molecular formula is C20H25N7O6. The molecule has 1 saturated heterocycles. The molecule has 2 aliphatic rings. The smallest absolute Gasteiger partial charge is 0.338 e. The largest absolute Gasteiger partial charge is 0.478 e. The van der Waals surface area contributed by atoms with Gasteiger partial charge in [0, 0.05) is 12.2 Å². The first-order valence-electron chi connectivity index (χ1n) is 10.9. The second-order valence-corrected chi connectivity index (χ2v) is 8.38. The summed E-state index contributed by atoms with van der Waals surface area (Å²) in [5, 5.41) is 46.8. The zero-order chi connectivity index (χ0) is 23.1. The third kappa shape index (κ3) is 3.93. The average Bonchev–Trinajstić information content (AvgIpc) is 3.53. The van der Waals surface area contributed by atoms with E-state index in [-0.39, 0.29) is 17.6 Å². The number of aromatic carboxylic acids is 1. The number of anilines is 1. The van der Waals surface area contributed by atoms with Crippen molar-refractivity contribution in [2.75, 3.05) is 11.9 Å². The Hall–Kier alpha value is -3.13. The fourth-order valence-electron chi connectivity index (χ4n) is 4.39. The third-order valence-electron chi connectivity index (χ3n) is 6.18. The van der Waals surface area contributed by atoms with E-state index in [1.54, 1.807) is 0 Å². The SMILES string of the molecule is O=C(O)c1cnn(-c2nc(NC3CCCCC3)c3ncn(C4O[C@H](CO)[C@@H](O)[C@@H]4O)c3n2)c1. The van der Waals surface area contributed by atoms with Gasteiger partial charge in [0.1, 0.15) is 18.3 Å². The third-order valence-corrected chi connectivity index (χ3v) is 6.18. The van der Waals surface area contributed by atoms with E-state index in [1.807, 2.05) is 0 Å². The average molecular weight is 459 g/mol. The van der Waals surface area contributed by atoms with Crippen molar-refractivity contribution in [1.82, 2.24) is 29.3 Å². The van der Waals surface area contributed by atoms with Gasteiger partial charge in [0.15, 0.2) is 23.2 Å². The molecule has 0 radical (unpaired) electrons. The second kappa shape index (κ2) is 8.67. The van der Waals surface area contributed by atoms with Crippen molar-refractivity contribution in [1.29, 1.82) is 0 Å². The van der Waals surface area contributed by atoms with Crippen LogP contribution in [0.1, 0.15) is 48.7 Å². The summed E-state index contributed by atoms with van der Waals surface area (Å²) in [6, 6.07) is 0.205. The minimum Gasteiger partial charge on any atom is -0.478 e. The first-order valence-corrected chi connectivity index (χ1v) is 10.9. The highest BCUT2D eigenvalue weighted by molar-refractivity contribution is 5.87. The number of hydrogen-bond acceptors (Lipinski definition) is 10. The molecule has 13 heteroatoms. The number of ether oxygens (including phenoxy) is 1. The number of fused-ring (bicyclic) bond motifs is 1. The molecule has 0 bridgehead atoms. The van der Waals surface area contributed by atoms with Gasteiger partial charge >= 0.3 is 5.97 Å². The summed E-state index contributed by atoms with van der Waals surface area (Å²) >= 11 is 0. The van der Waals surface area contributed by atoms with Crippen molar-refractivity contribution in [3.05, 3.63) is 24.3 Å². The van der Waals surface area contributed by atoms with Crippen LogP contribution in [-0.4, -0.2) is 86.7 Å². The number of carboxylic acid groups (broad SMARTS) is 1. The van der Waals surface area contributed by atoms with Gasteiger partial charge in [0.05, 0.1) is 24.7 Å². The van der Waals surface area contributed by atoms with Crippen molar-refractivity contribution < 1.29 is 30.0 Å². The highest BCUT2D eigenvalue weighted by Gasteiger charge is 2.44. The van der Waals surface area contributed by atoms with Crippen LogP contribution in [0, 0.1) is 0 Å². The number of rotatable bonds is 6. The van der Waals surface area contributed by atoms with Gasteiger partial charge in [-0.15, -0.1) is 0 Å². The Kier molecular flexibility index (Phi) is 5.70. The van der Waals surface area contributed by atoms with Crippen LogP contribution < -0.4 is 5.32 Å². The zero-order valence-electron chi connectivity index (χ0n) is 17.7. The number of hydrogen-bond donors (Lipinski definition) is 5. The molecule has 4 atom stereocenters. The van der Waals surface area contributed by atoms with Crippen molar-refractivity contribution in [2.24, 2.45) is 0 Å². The van der Waals surface area contributed by atoms with Crippen molar-refractivity contribution in [2.45, 2.75) is 62.7 Å². The molecule has 0 aromatic carbocycles. The van der Waals surface area contributed by atoms with Crippen molar-refractivity contribution in [3.63, 3.8) is 0 Å². The molecule has 0 amide bonds. The lowest BCUT2D eigenvalue weighted by atomic mass is 9.95. The Balaban J connectivity index is 1.59. The Morgan fingerprint density at radius 1 is 1.18 bits per heavy atom. The van der Waals surface area contributed by atoms with Crippen LogP contribution in [-0.2, 0) is 4.74 Å². The second-order valence-electron chi connectivity index (χ2n) is 8.38. The molecule has 1 aliphatic heterocycles. The molecule has 2 fully saturated rings. The van der Waals surface area contributed by atoms with E-state index in [0.717, 1.165) is 25.7 Å². The summed E-state index contributed by atoms with van der Waals surface area (Å²) in [4.78, 5) is 24.8. The normalized spacial score (nSPS) is 26.2. The summed E-state index contributed by atoms with van der Waals surface area (Å²) < 4.78 is 8.37. The maximum atomic E-state index is 11.3. The van der Waals surface area contributed by atoms with E-state index in [4.69, 9.17) is 4.74 Å². The van der Waals surface area contributed by atoms with Crippen molar-refractivity contribution >= 4 is 23.0 Å².